The van der Waals surface area contributed by atoms with Crippen molar-refractivity contribution in [2.24, 2.45) is 0 Å². The molecule has 2 aromatic rings. The Morgan fingerprint density at radius 2 is 2.04 bits per heavy atom. The highest BCUT2D eigenvalue weighted by Gasteiger charge is 2.37. The van der Waals surface area contributed by atoms with E-state index in [0.29, 0.717) is 31.2 Å². The van der Waals surface area contributed by atoms with Gasteiger partial charge in [-0.3, -0.25) is 9.59 Å². The number of aryl methyl sites for hydroxylation is 1. The van der Waals surface area contributed by atoms with Gasteiger partial charge >= 0.3 is 11.8 Å². The zero-order chi connectivity index (χ0) is 16.8. The SMILES string of the molecule is Cc1ccc(Cl)c2ccc(N3CCN4C(=O)C(=O)NC[C@H]4C3)nc12. The Morgan fingerprint density at radius 3 is 2.88 bits per heavy atom. The predicted molar refractivity (Wildman–Crippen MR) is 92.2 cm³/mol. The van der Waals surface area contributed by atoms with Gasteiger partial charge in [0.15, 0.2) is 0 Å². The second-order valence-corrected chi connectivity index (χ2v) is 6.65. The highest BCUT2D eigenvalue weighted by atomic mass is 35.5. The monoisotopic (exact) mass is 344 g/mol. The average molecular weight is 345 g/mol. The van der Waals surface area contributed by atoms with E-state index in [-0.39, 0.29) is 6.04 Å². The Kier molecular flexibility index (Phi) is 3.57. The van der Waals surface area contributed by atoms with E-state index in [0.717, 1.165) is 22.3 Å². The Balaban J connectivity index is 1.63. The third-order valence-corrected chi connectivity index (χ3v) is 5.08. The third kappa shape index (κ3) is 2.38. The van der Waals surface area contributed by atoms with Crippen LogP contribution in [0.1, 0.15) is 5.56 Å². The second kappa shape index (κ2) is 5.63. The normalized spacial score (nSPS) is 21.0. The molecule has 0 saturated carbocycles. The van der Waals surface area contributed by atoms with Crippen molar-refractivity contribution < 1.29 is 9.59 Å². The van der Waals surface area contributed by atoms with Crippen molar-refractivity contribution in [1.82, 2.24) is 15.2 Å². The van der Waals surface area contributed by atoms with E-state index in [1.807, 2.05) is 31.2 Å². The fourth-order valence-corrected chi connectivity index (χ4v) is 3.62. The molecule has 0 aliphatic carbocycles. The molecule has 1 aromatic carbocycles. The summed E-state index contributed by atoms with van der Waals surface area (Å²) in [6, 6.07) is 7.80. The Morgan fingerprint density at radius 1 is 1.21 bits per heavy atom. The van der Waals surface area contributed by atoms with E-state index < -0.39 is 11.8 Å². The summed E-state index contributed by atoms with van der Waals surface area (Å²) < 4.78 is 0. The van der Waals surface area contributed by atoms with E-state index in [4.69, 9.17) is 16.6 Å². The molecule has 6 nitrogen and oxygen atoms in total. The van der Waals surface area contributed by atoms with Crippen molar-refractivity contribution in [3.8, 4) is 0 Å². The Labute approximate surface area is 144 Å². The molecule has 2 aliphatic rings. The maximum absolute atomic E-state index is 11.9. The van der Waals surface area contributed by atoms with Crippen molar-refractivity contribution in [2.45, 2.75) is 13.0 Å². The number of piperazine rings is 2. The van der Waals surface area contributed by atoms with E-state index in [9.17, 15) is 9.59 Å². The van der Waals surface area contributed by atoms with Crippen LogP contribution in [0.5, 0.6) is 0 Å². The molecule has 24 heavy (non-hydrogen) atoms. The molecule has 0 bridgehead atoms. The molecule has 0 radical (unpaired) electrons. The van der Waals surface area contributed by atoms with Crippen molar-refractivity contribution >= 4 is 40.1 Å². The maximum atomic E-state index is 11.9. The van der Waals surface area contributed by atoms with Gasteiger partial charge in [0, 0.05) is 36.6 Å². The van der Waals surface area contributed by atoms with Gasteiger partial charge in [-0.2, -0.15) is 0 Å². The van der Waals surface area contributed by atoms with Crippen LogP contribution >= 0.6 is 11.6 Å². The first-order valence-electron chi connectivity index (χ1n) is 7.94. The standard InChI is InChI=1S/C17H17ClN4O2/c1-10-2-4-13(18)12-3-5-14(20-15(10)12)21-6-7-22-11(9-21)8-19-16(23)17(22)24/h2-5,11H,6-9H2,1H3,(H,19,23)/t11-/m0/s1. The lowest BCUT2D eigenvalue weighted by molar-refractivity contribution is -0.150. The highest BCUT2D eigenvalue weighted by molar-refractivity contribution is 6.36. The first kappa shape index (κ1) is 15.2. The fraction of sp³-hybridized carbons (Fsp3) is 0.353. The number of amides is 2. The van der Waals surface area contributed by atoms with Crippen LogP contribution in [0, 0.1) is 6.92 Å². The van der Waals surface area contributed by atoms with E-state index >= 15 is 0 Å². The summed E-state index contributed by atoms with van der Waals surface area (Å²) >= 11 is 6.25. The number of fused-ring (bicyclic) bond motifs is 2. The van der Waals surface area contributed by atoms with Crippen LogP contribution in [-0.2, 0) is 9.59 Å². The average Bonchev–Trinajstić information content (AvgIpc) is 2.61. The molecule has 3 heterocycles. The summed E-state index contributed by atoms with van der Waals surface area (Å²) in [7, 11) is 0. The number of benzene rings is 1. The molecule has 1 aromatic heterocycles. The number of carbonyl (C=O) groups is 2. The van der Waals surface area contributed by atoms with Gasteiger partial charge in [-0.05, 0) is 30.7 Å². The lowest BCUT2D eigenvalue weighted by Crippen LogP contribution is -2.65. The van der Waals surface area contributed by atoms with Crippen molar-refractivity contribution in [2.75, 3.05) is 31.1 Å². The lowest BCUT2D eigenvalue weighted by atomic mass is 10.1. The first-order chi connectivity index (χ1) is 11.5. The third-order valence-electron chi connectivity index (χ3n) is 4.75. The minimum absolute atomic E-state index is 0.0121. The van der Waals surface area contributed by atoms with Gasteiger partial charge in [0.1, 0.15) is 5.82 Å². The molecular weight excluding hydrogens is 328 g/mol. The Bertz CT molecular complexity index is 854. The lowest BCUT2D eigenvalue weighted by Gasteiger charge is -2.43. The van der Waals surface area contributed by atoms with E-state index in [2.05, 4.69) is 10.2 Å². The van der Waals surface area contributed by atoms with Gasteiger partial charge in [-0.1, -0.05) is 17.7 Å². The van der Waals surface area contributed by atoms with Crippen molar-refractivity contribution in [3.63, 3.8) is 0 Å². The number of aromatic nitrogens is 1. The summed E-state index contributed by atoms with van der Waals surface area (Å²) in [6.45, 7) is 4.35. The minimum atomic E-state index is -0.506. The number of anilines is 1. The van der Waals surface area contributed by atoms with Crippen LogP contribution in [0.25, 0.3) is 10.9 Å². The number of hydrogen-bond donors (Lipinski definition) is 1. The summed E-state index contributed by atoms with van der Waals surface area (Å²) in [6.07, 6.45) is 0. The van der Waals surface area contributed by atoms with Crippen LogP contribution in [0.3, 0.4) is 0 Å². The van der Waals surface area contributed by atoms with Gasteiger partial charge in [0.05, 0.1) is 11.6 Å². The second-order valence-electron chi connectivity index (χ2n) is 6.24. The van der Waals surface area contributed by atoms with Crippen molar-refractivity contribution in [1.29, 1.82) is 0 Å². The van der Waals surface area contributed by atoms with Crippen LogP contribution in [0.4, 0.5) is 5.82 Å². The molecule has 7 heteroatoms. The summed E-state index contributed by atoms with van der Waals surface area (Å²) in [4.78, 5) is 32.0. The predicted octanol–water partition coefficient (Wildman–Crippen LogP) is 1.34. The van der Waals surface area contributed by atoms with E-state index in [1.54, 1.807) is 4.90 Å². The van der Waals surface area contributed by atoms with Gasteiger partial charge in [-0.15, -0.1) is 0 Å². The summed E-state index contributed by atoms with van der Waals surface area (Å²) in [5.74, 6) is -0.0642. The van der Waals surface area contributed by atoms with Gasteiger partial charge in [-0.25, -0.2) is 4.98 Å². The molecule has 0 spiro atoms. The number of carbonyl (C=O) groups excluding carboxylic acids is 2. The van der Waals surface area contributed by atoms with Gasteiger partial charge in [0.25, 0.3) is 0 Å². The van der Waals surface area contributed by atoms with Crippen LogP contribution in [-0.4, -0.2) is 53.9 Å². The van der Waals surface area contributed by atoms with Crippen LogP contribution in [0.2, 0.25) is 5.02 Å². The molecule has 2 amide bonds. The minimum Gasteiger partial charge on any atom is -0.353 e. The summed E-state index contributed by atoms with van der Waals surface area (Å²) in [5, 5.41) is 4.29. The molecule has 4 rings (SSSR count). The quantitative estimate of drug-likeness (QED) is 0.793. The topological polar surface area (TPSA) is 65.5 Å². The summed E-state index contributed by atoms with van der Waals surface area (Å²) in [5.41, 5.74) is 1.98. The zero-order valence-corrected chi connectivity index (χ0v) is 14.0. The maximum Gasteiger partial charge on any atom is 0.312 e. The number of rotatable bonds is 1. The molecule has 124 valence electrons. The molecular formula is C17H17ClN4O2. The molecule has 1 atom stereocenters. The number of nitrogens with one attached hydrogen (secondary N) is 1. The Hall–Kier alpha value is -2.34. The molecule has 2 saturated heterocycles. The van der Waals surface area contributed by atoms with Gasteiger partial charge < -0.3 is 15.1 Å². The van der Waals surface area contributed by atoms with E-state index in [1.165, 1.54) is 0 Å². The zero-order valence-electron chi connectivity index (χ0n) is 13.3. The van der Waals surface area contributed by atoms with Gasteiger partial charge in [0.2, 0.25) is 0 Å². The fourth-order valence-electron chi connectivity index (χ4n) is 3.41. The number of hydrogen-bond acceptors (Lipinski definition) is 4. The molecule has 2 fully saturated rings. The smallest absolute Gasteiger partial charge is 0.312 e. The number of halogens is 1. The first-order valence-corrected chi connectivity index (χ1v) is 8.32. The number of nitrogens with zero attached hydrogens (tertiary/aromatic N) is 3. The van der Waals surface area contributed by atoms with Crippen LogP contribution < -0.4 is 10.2 Å². The highest BCUT2D eigenvalue weighted by Crippen LogP contribution is 2.28. The molecule has 2 aliphatic heterocycles. The van der Waals surface area contributed by atoms with Crippen LogP contribution in [0.15, 0.2) is 24.3 Å². The molecule has 1 N–H and O–H groups in total. The number of pyridine rings is 1. The largest absolute Gasteiger partial charge is 0.353 e. The molecule has 0 unspecified atom stereocenters. The van der Waals surface area contributed by atoms with Crippen molar-refractivity contribution in [3.05, 3.63) is 34.9 Å².